The van der Waals surface area contributed by atoms with Gasteiger partial charge in [-0.1, -0.05) is 60.7 Å². The molecular formula is C30H40N4O6. The Kier molecular flexibility index (Phi) is 13.7. The monoisotopic (exact) mass is 552 g/mol. The minimum Gasteiger partial charge on any atom is -0.480 e. The number of aliphatic imine (C=N–C) groups is 1. The fourth-order valence-electron chi connectivity index (χ4n) is 3.75. The van der Waals surface area contributed by atoms with Crippen molar-refractivity contribution in [2.75, 3.05) is 39.3 Å². The van der Waals surface area contributed by atoms with Gasteiger partial charge >= 0.3 is 12.1 Å². The van der Waals surface area contributed by atoms with Gasteiger partial charge < -0.3 is 25.4 Å². The summed E-state index contributed by atoms with van der Waals surface area (Å²) >= 11 is 0. The molecule has 10 heteroatoms. The molecule has 216 valence electrons. The van der Waals surface area contributed by atoms with E-state index >= 15 is 0 Å². The van der Waals surface area contributed by atoms with Crippen LogP contribution in [0.4, 0.5) is 4.79 Å². The first-order chi connectivity index (χ1) is 19.0. The maximum atomic E-state index is 12.3. The van der Waals surface area contributed by atoms with Crippen molar-refractivity contribution < 1.29 is 29.0 Å². The molecule has 0 heterocycles. The molecule has 10 nitrogen and oxygen atoms in total. The zero-order valence-electron chi connectivity index (χ0n) is 23.5. The van der Waals surface area contributed by atoms with E-state index in [-0.39, 0.29) is 24.5 Å². The van der Waals surface area contributed by atoms with Gasteiger partial charge in [0.2, 0.25) is 5.78 Å². The Hall–Kier alpha value is -3.89. The van der Waals surface area contributed by atoms with Crippen LogP contribution >= 0.6 is 0 Å². The van der Waals surface area contributed by atoms with E-state index in [0.29, 0.717) is 50.3 Å². The van der Waals surface area contributed by atoms with Gasteiger partial charge in [-0.2, -0.15) is 0 Å². The average molecular weight is 553 g/mol. The zero-order valence-corrected chi connectivity index (χ0v) is 23.5. The summed E-state index contributed by atoms with van der Waals surface area (Å²) in [5.41, 5.74) is 0.468. The van der Waals surface area contributed by atoms with Crippen molar-refractivity contribution in [1.82, 2.24) is 15.5 Å². The highest BCUT2D eigenvalue weighted by atomic mass is 16.6. The minimum atomic E-state index is -1.14. The van der Waals surface area contributed by atoms with E-state index in [4.69, 9.17) is 4.74 Å². The van der Waals surface area contributed by atoms with Crippen LogP contribution in [0.25, 0.3) is 0 Å². The van der Waals surface area contributed by atoms with Gasteiger partial charge in [0.05, 0.1) is 19.3 Å². The molecule has 0 bridgehead atoms. The summed E-state index contributed by atoms with van der Waals surface area (Å²) in [6.07, 6.45) is 1.24. The first kappa shape index (κ1) is 32.3. The molecule has 2 aromatic carbocycles. The summed E-state index contributed by atoms with van der Waals surface area (Å²) in [6, 6.07) is 16.8. The molecule has 0 saturated heterocycles. The van der Waals surface area contributed by atoms with Gasteiger partial charge in [-0.25, -0.2) is 9.59 Å². The lowest BCUT2D eigenvalue weighted by atomic mass is 10.1. The van der Waals surface area contributed by atoms with Gasteiger partial charge in [-0.05, 0) is 40.2 Å². The number of benzene rings is 2. The lowest BCUT2D eigenvalue weighted by Gasteiger charge is -2.24. The highest BCUT2D eigenvalue weighted by molar-refractivity contribution is 6.35. The third-order valence-electron chi connectivity index (χ3n) is 5.75. The summed E-state index contributed by atoms with van der Waals surface area (Å²) in [5, 5.41) is 15.1. The Morgan fingerprint density at radius 2 is 1.57 bits per heavy atom. The third kappa shape index (κ3) is 13.3. The highest BCUT2D eigenvalue weighted by Crippen LogP contribution is 2.08. The summed E-state index contributed by atoms with van der Waals surface area (Å²) in [6.45, 7) is 7.88. The van der Waals surface area contributed by atoms with E-state index in [9.17, 15) is 24.3 Å². The van der Waals surface area contributed by atoms with Crippen molar-refractivity contribution in [2.45, 2.75) is 45.3 Å². The number of aliphatic carboxylic acids is 1. The maximum Gasteiger partial charge on any atom is 0.408 e. The van der Waals surface area contributed by atoms with Crippen molar-refractivity contribution in [2.24, 2.45) is 4.99 Å². The smallest absolute Gasteiger partial charge is 0.408 e. The van der Waals surface area contributed by atoms with Crippen molar-refractivity contribution in [1.29, 1.82) is 0 Å². The fraction of sp³-hybridized carbons (Fsp3) is 0.433. The van der Waals surface area contributed by atoms with Crippen molar-refractivity contribution in [3.8, 4) is 0 Å². The maximum absolute atomic E-state index is 12.3. The molecule has 1 unspecified atom stereocenters. The molecule has 0 radical (unpaired) electrons. The van der Waals surface area contributed by atoms with E-state index in [0.717, 1.165) is 0 Å². The van der Waals surface area contributed by atoms with Crippen molar-refractivity contribution in [3.05, 3.63) is 71.8 Å². The van der Waals surface area contributed by atoms with E-state index in [1.165, 1.54) is 6.21 Å². The predicted molar refractivity (Wildman–Crippen MR) is 154 cm³/mol. The van der Waals surface area contributed by atoms with Crippen LogP contribution in [0.15, 0.2) is 65.7 Å². The summed E-state index contributed by atoms with van der Waals surface area (Å²) in [7, 11) is 0. The molecule has 0 saturated carbocycles. The third-order valence-corrected chi connectivity index (χ3v) is 5.75. The van der Waals surface area contributed by atoms with E-state index < -0.39 is 23.7 Å². The fourth-order valence-corrected chi connectivity index (χ4v) is 3.75. The number of nitrogens with zero attached hydrogens (tertiary/aromatic N) is 2. The van der Waals surface area contributed by atoms with Gasteiger partial charge in [0.15, 0.2) is 5.78 Å². The highest BCUT2D eigenvalue weighted by Gasteiger charge is 2.24. The van der Waals surface area contributed by atoms with Gasteiger partial charge in [0.25, 0.3) is 0 Å². The van der Waals surface area contributed by atoms with Crippen LogP contribution in [-0.2, 0) is 9.53 Å². The molecule has 2 aromatic rings. The van der Waals surface area contributed by atoms with Crippen LogP contribution in [-0.4, -0.2) is 90.8 Å². The van der Waals surface area contributed by atoms with Crippen LogP contribution in [0.2, 0.25) is 0 Å². The van der Waals surface area contributed by atoms with E-state index in [2.05, 4.69) is 20.5 Å². The number of alkyl carbamates (subject to hydrolysis) is 1. The van der Waals surface area contributed by atoms with Gasteiger partial charge in [0.1, 0.15) is 11.6 Å². The molecule has 0 aromatic heterocycles. The van der Waals surface area contributed by atoms with Gasteiger partial charge in [-0.3, -0.25) is 14.6 Å². The molecular weight excluding hydrogens is 512 g/mol. The van der Waals surface area contributed by atoms with E-state index in [1.54, 1.807) is 57.2 Å². The van der Waals surface area contributed by atoms with Crippen LogP contribution in [0, 0.1) is 0 Å². The normalized spacial score (nSPS) is 12.3. The second-order valence-corrected chi connectivity index (χ2v) is 10.3. The molecule has 0 fully saturated rings. The summed E-state index contributed by atoms with van der Waals surface area (Å²) in [5.74, 6) is -1.32. The first-order valence-electron chi connectivity index (χ1n) is 13.4. The second-order valence-electron chi connectivity index (χ2n) is 10.3. The number of Topliss-reactive ketones (excluding diaryl/α,β-unsaturated/α-hetero) is 2. The number of amides is 1. The van der Waals surface area contributed by atoms with Crippen LogP contribution in [0.3, 0.4) is 0 Å². The number of rotatable bonds is 17. The SMILES string of the molecule is CC(C)(C)OC(=O)NC(CCCN(CC/N=C/C(=O)c1ccccc1)CCNCC(=O)c1ccccc1)C(=O)O. The number of carbonyl (C=O) groups is 4. The molecule has 0 aliphatic carbocycles. The Morgan fingerprint density at radius 1 is 0.950 bits per heavy atom. The zero-order chi connectivity index (χ0) is 29.4. The summed E-state index contributed by atoms with van der Waals surface area (Å²) in [4.78, 5) is 54.7. The Labute approximate surface area is 235 Å². The summed E-state index contributed by atoms with van der Waals surface area (Å²) < 4.78 is 5.18. The number of hydrogen-bond donors (Lipinski definition) is 3. The topological polar surface area (TPSA) is 137 Å². The lowest BCUT2D eigenvalue weighted by molar-refractivity contribution is -0.139. The lowest BCUT2D eigenvalue weighted by Crippen LogP contribution is -2.44. The number of ether oxygens (including phenoxy) is 1. The number of hydrogen-bond acceptors (Lipinski definition) is 8. The molecule has 0 aliphatic rings. The first-order valence-corrected chi connectivity index (χ1v) is 13.4. The number of ketones is 2. The molecule has 1 amide bonds. The molecule has 3 N–H and O–H groups in total. The Morgan fingerprint density at radius 3 is 2.17 bits per heavy atom. The van der Waals surface area contributed by atoms with Crippen LogP contribution in [0.5, 0.6) is 0 Å². The van der Waals surface area contributed by atoms with Crippen LogP contribution in [0.1, 0.15) is 54.3 Å². The van der Waals surface area contributed by atoms with Gasteiger partial charge in [-0.15, -0.1) is 0 Å². The van der Waals surface area contributed by atoms with Gasteiger partial charge in [0, 0.05) is 30.8 Å². The predicted octanol–water partition coefficient (Wildman–Crippen LogP) is 3.47. The largest absolute Gasteiger partial charge is 0.480 e. The number of carboxylic acids is 1. The molecule has 1 atom stereocenters. The quantitative estimate of drug-likeness (QED) is 0.154. The average Bonchev–Trinajstić information content (AvgIpc) is 2.92. The number of carboxylic acid groups (broad SMARTS) is 1. The van der Waals surface area contributed by atoms with Crippen molar-refractivity contribution >= 4 is 29.8 Å². The molecule has 40 heavy (non-hydrogen) atoms. The van der Waals surface area contributed by atoms with Crippen molar-refractivity contribution in [3.63, 3.8) is 0 Å². The Balaban J connectivity index is 1.88. The number of carbonyl (C=O) groups excluding carboxylic acids is 3. The molecule has 0 aliphatic heterocycles. The minimum absolute atomic E-state index is 0.00584. The molecule has 0 spiro atoms. The number of nitrogens with one attached hydrogen (secondary N) is 2. The standard InChI is InChI=1S/C30H40N4O6/c1-30(2,3)40-29(39)33-25(28(37)38)15-10-18-34(19-16-31-21-26(35)23-11-6-4-7-12-23)20-17-32-22-27(36)24-13-8-5-9-14-24/h4-9,11-14,21,25,32H,10,15-20,22H2,1-3H3,(H,33,39)(H,37,38)/b31-21+. The van der Waals surface area contributed by atoms with Crippen LogP contribution < -0.4 is 10.6 Å². The second kappa shape index (κ2) is 16.9. The molecule has 2 rings (SSSR count). The van der Waals surface area contributed by atoms with E-state index in [1.807, 2.05) is 24.3 Å². The Bertz CT molecular complexity index is 1120.